The van der Waals surface area contributed by atoms with Gasteiger partial charge in [0.2, 0.25) is 0 Å². The van der Waals surface area contributed by atoms with Crippen molar-refractivity contribution in [3.8, 4) is 0 Å². The fraction of sp³-hybridized carbons (Fsp3) is 0.667. The highest BCUT2D eigenvalue weighted by Gasteiger charge is 2.27. The summed E-state index contributed by atoms with van der Waals surface area (Å²) < 4.78 is 1.16. The molecular weight excluding hydrogens is 286 g/mol. The molecule has 1 aromatic heterocycles. The summed E-state index contributed by atoms with van der Waals surface area (Å²) in [5.41, 5.74) is -0.0332. The van der Waals surface area contributed by atoms with E-state index in [1.807, 2.05) is 6.92 Å². The summed E-state index contributed by atoms with van der Waals surface area (Å²) in [5.74, 6) is 0. The number of aliphatic hydroxyl groups excluding tert-OH is 1. The zero-order chi connectivity index (χ0) is 12.2. The first-order chi connectivity index (χ1) is 7.48. The monoisotopic (exact) mass is 305 g/mol. The molecule has 1 heterocycles. The van der Waals surface area contributed by atoms with Crippen molar-refractivity contribution >= 4 is 27.3 Å². The van der Waals surface area contributed by atoms with Crippen molar-refractivity contribution in [2.75, 3.05) is 6.54 Å². The molecule has 0 amide bonds. The molecule has 2 N–H and O–H groups in total. The van der Waals surface area contributed by atoms with E-state index in [9.17, 15) is 5.11 Å². The Labute approximate surface area is 110 Å². The first-order valence-corrected chi connectivity index (χ1v) is 7.22. The first kappa shape index (κ1) is 14.2. The molecule has 0 saturated carbocycles. The van der Waals surface area contributed by atoms with Crippen LogP contribution in [-0.2, 0) is 6.54 Å². The van der Waals surface area contributed by atoms with Gasteiger partial charge in [0.05, 0.1) is 9.89 Å². The van der Waals surface area contributed by atoms with Gasteiger partial charge in [0.15, 0.2) is 0 Å². The van der Waals surface area contributed by atoms with Gasteiger partial charge in [0.1, 0.15) is 0 Å². The first-order valence-electron chi connectivity index (χ1n) is 5.61. The molecule has 16 heavy (non-hydrogen) atoms. The van der Waals surface area contributed by atoms with Crippen LogP contribution in [-0.4, -0.2) is 17.8 Å². The third-order valence-electron chi connectivity index (χ3n) is 3.27. The standard InChI is InChI=1S/C12H20BrNOS/c1-4-12(3,9(2)15)8-14-7-10-5-6-11(13)16-10/h5-6,9,14-15H,4,7-8H2,1-3H3. The Kier molecular flexibility index (Phi) is 5.44. The topological polar surface area (TPSA) is 32.3 Å². The minimum absolute atomic E-state index is 0.0332. The van der Waals surface area contributed by atoms with Gasteiger partial charge in [-0.3, -0.25) is 0 Å². The minimum Gasteiger partial charge on any atom is -0.393 e. The number of rotatable bonds is 6. The normalized spacial score (nSPS) is 17.1. The molecule has 0 bridgehead atoms. The highest BCUT2D eigenvalue weighted by atomic mass is 79.9. The summed E-state index contributed by atoms with van der Waals surface area (Å²) in [6.45, 7) is 7.83. The second-order valence-corrected chi connectivity index (χ2v) is 7.04. The van der Waals surface area contributed by atoms with Crippen LogP contribution in [0, 0.1) is 5.41 Å². The van der Waals surface area contributed by atoms with E-state index in [1.165, 1.54) is 4.88 Å². The van der Waals surface area contributed by atoms with Gasteiger partial charge in [0.25, 0.3) is 0 Å². The van der Waals surface area contributed by atoms with E-state index >= 15 is 0 Å². The van der Waals surface area contributed by atoms with Crippen molar-refractivity contribution in [2.45, 2.75) is 39.8 Å². The van der Waals surface area contributed by atoms with Crippen LogP contribution in [0.4, 0.5) is 0 Å². The van der Waals surface area contributed by atoms with Crippen molar-refractivity contribution < 1.29 is 5.11 Å². The van der Waals surface area contributed by atoms with E-state index < -0.39 is 0 Å². The van der Waals surface area contributed by atoms with E-state index in [-0.39, 0.29) is 11.5 Å². The Morgan fingerprint density at radius 2 is 2.25 bits per heavy atom. The molecule has 2 nitrogen and oxygen atoms in total. The lowest BCUT2D eigenvalue weighted by molar-refractivity contribution is 0.0489. The summed E-state index contributed by atoms with van der Waals surface area (Å²) in [7, 11) is 0. The lowest BCUT2D eigenvalue weighted by atomic mass is 9.82. The average molecular weight is 306 g/mol. The van der Waals surface area contributed by atoms with Crippen LogP contribution >= 0.6 is 27.3 Å². The second kappa shape index (κ2) is 6.15. The Morgan fingerprint density at radius 3 is 2.69 bits per heavy atom. The second-order valence-electron chi connectivity index (χ2n) is 4.49. The van der Waals surface area contributed by atoms with Crippen molar-refractivity contribution in [1.82, 2.24) is 5.32 Å². The van der Waals surface area contributed by atoms with Gasteiger partial charge >= 0.3 is 0 Å². The summed E-state index contributed by atoms with van der Waals surface area (Å²) >= 11 is 5.20. The van der Waals surface area contributed by atoms with E-state index in [0.717, 1.165) is 23.3 Å². The van der Waals surface area contributed by atoms with Crippen molar-refractivity contribution in [3.63, 3.8) is 0 Å². The van der Waals surface area contributed by atoms with E-state index in [1.54, 1.807) is 11.3 Å². The molecule has 0 saturated heterocycles. The Bertz CT molecular complexity index is 327. The smallest absolute Gasteiger partial charge is 0.0701 e. The fourth-order valence-corrected chi connectivity index (χ4v) is 2.94. The summed E-state index contributed by atoms with van der Waals surface area (Å²) in [5, 5.41) is 13.1. The molecule has 0 fully saturated rings. The van der Waals surface area contributed by atoms with Crippen LogP contribution < -0.4 is 5.32 Å². The highest BCUT2D eigenvalue weighted by Crippen LogP contribution is 2.25. The van der Waals surface area contributed by atoms with Crippen molar-refractivity contribution in [3.05, 3.63) is 20.8 Å². The summed E-state index contributed by atoms with van der Waals surface area (Å²) in [6.07, 6.45) is 0.700. The molecule has 0 aliphatic carbocycles. The number of hydrogen-bond donors (Lipinski definition) is 2. The van der Waals surface area contributed by atoms with Gasteiger partial charge in [-0.25, -0.2) is 0 Å². The van der Waals surface area contributed by atoms with Crippen molar-refractivity contribution in [2.24, 2.45) is 5.41 Å². The van der Waals surface area contributed by atoms with Crippen LogP contribution in [0.15, 0.2) is 15.9 Å². The zero-order valence-corrected chi connectivity index (χ0v) is 12.5. The minimum atomic E-state index is -0.278. The highest BCUT2D eigenvalue weighted by molar-refractivity contribution is 9.11. The fourth-order valence-electron chi connectivity index (χ4n) is 1.49. The van der Waals surface area contributed by atoms with Crippen LogP contribution in [0.25, 0.3) is 0 Å². The molecule has 0 spiro atoms. The summed E-state index contributed by atoms with van der Waals surface area (Å²) in [6, 6.07) is 4.18. The Hall–Kier alpha value is 0.1000. The van der Waals surface area contributed by atoms with Gasteiger partial charge in [-0.05, 0) is 41.4 Å². The lowest BCUT2D eigenvalue weighted by Crippen LogP contribution is -2.39. The number of halogens is 1. The predicted octanol–water partition coefficient (Wildman–Crippen LogP) is 3.40. The van der Waals surface area contributed by atoms with E-state index in [2.05, 4.69) is 47.2 Å². The third kappa shape index (κ3) is 3.84. The maximum atomic E-state index is 9.73. The Balaban J connectivity index is 2.39. The molecule has 1 rings (SSSR count). The van der Waals surface area contributed by atoms with Crippen LogP contribution in [0.1, 0.15) is 32.1 Å². The third-order valence-corrected chi connectivity index (χ3v) is 4.90. The maximum absolute atomic E-state index is 9.73. The van der Waals surface area contributed by atoms with E-state index in [4.69, 9.17) is 0 Å². The van der Waals surface area contributed by atoms with Gasteiger partial charge in [-0.1, -0.05) is 13.8 Å². The molecular formula is C12H20BrNOS. The van der Waals surface area contributed by atoms with Crippen molar-refractivity contribution in [1.29, 1.82) is 0 Å². The number of thiophene rings is 1. The van der Waals surface area contributed by atoms with Gasteiger partial charge < -0.3 is 10.4 Å². The number of hydrogen-bond acceptors (Lipinski definition) is 3. The number of nitrogens with one attached hydrogen (secondary N) is 1. The SMILES string of the molecule is CCC(C)(CNCc1ccc(Br)s1)C(C)O. The molecule has 92 valence electrons. The molecule has 0 aromatic carbocycles. The van der Waals surface area contributed by atoms with E-state index in [0.29, 0.717) is 0 Å². The van der Waals surface area contributed by atoms with Crippen LogP contribution in [0.2, 0.25) is 0 Å². The largest absolute Gasteiger partial charge is 0.393 e. The van der Waals surface area contributed by atoms with Gasteiger partial charge in [0, 0.05) is 23.4 Å². The molecule has 2 unspecified atom stereocenters. The summed E-state index contributed by atoms with van der Waals surface area (Å²) in [4.78, 5) is 1.32. The maximum Gasteiger partial charge on any atom is 0.0701 e. The molecule has 4 heteroatoms. The zero-order valence-electron chi connectivity index (χ0n) is 10.1. The van der Waals surface area contributed by atoms with Gasteiger partial charge in [-0.2, -0.15) is 0 Å². The average Bonchev–Trinajstić information content (AvgIpc) is 2.63. The molecule has 0 aliphatic rings. The lowest BCUT2D eigenvalue weighted by Gasteiger charge is -2.31. The molecule has 1 aromatic rings. The quantitative estimate of drug-likeness (QED) is 0.844. The Morgan fingerprint density at radius 1 is 1.56 bits per heavy atom. The molecule has 0 radical (unpaired) electrons. The molecule has 2 atom stereocenters. The predicted molar refractivity (Wildman–Crippen MR) is 73.8 cm³/mol. The van der Waals surface area contributed by atoms with Crippen LogP contribution in [0.5, 0.6) is 0 Å². The number of aliphatic hydroxyl groups is 1. The molecule has 0 aliphatic heterocycles. The van der Waals surface area contributed by atoms with Gasteiger partial charge in [-0.15, -0.1) is 11.3 Å². The van der Waals surface area contributed by atoms with Crippen LogP contribution in [0.3, 0.4) is 0 Å².